The lowest BCUT2D eigenvalue weighted by atomic mass is 10.1. The number of benzene rings is 1. The molecule has 1 aromatic heterocycles. The lowest BCUT2D eigenvalue weighted by Crippen LogP contribution is -2.50. The van der Waals surface area contributed by atoms with Crippen molar-refractivity contribution in [3.63, 3.8) is 0 Å². The monoisotopic (exact) mass is 355 g/mol. The van der Waals surface area contributed by atoms with E-state index in [0.29, 0.717) is 0 Å². The van der Waals surface area contributed by atoms with Crippen LogP contribution in [-0.4, -0.2) is 27.1 Å². The first-order valence-electron chi connectivity index (χ1n) is 6.11. The average Bonchev–Trinajstić information content (AvgIpc) is 2.46. The normalized spacial score (nSPS) is 13.0. The van der Waals surface area contributed by atoms with Gasteiger partial charge in [-0.15, -0.1) is 0 Å². The van der Waals surface area contributed by atoms with Crippen molar-refractivity contribution in [1.29, 1.82) is 0 Å². The van der Waals surface area contributed by atoms with Crippen molar-refractivity contribution in [1.82, 2.24) is 15.0 Å². The van der Waals surface area contributed by atoms with Gasteiger partial charge in [-0.2, -0.15) is 45.7 Å². The Balaban J connectivity index is 2.44. The first-order valence-corrected chi connectivity index (χ1v) is 6.11. The molecule has 2 rings (SSSR count). The Labute approximate surface area is 129 Å². The molecule has 0 fully saturated rings. The molecule has 0 aliphatic heterocycles. The van der Waals surface area contributed by atoms with Crippen molar-refractivity contribution in [3.05, 3.63) is 36.2 Å². The minimum atomic E-state index is -6.51. The third kappa shape index (κ3) is 3.16. The fraction of sp³-hybridized carbons (Fsp3) is 0.250. The van der Waals surface area contributed by atoms with Gasteiger partial charge in [0.1, 0.15) is 0 Å². The molecule has 0 unspecified atom stereocenters. The van der Waals surface area contributed by atoms with Crippen LogP contribution < -0.4 is 11.1 Å². The lowest BCUT2D eigenvalue weighted by molar-refractivity contribution is -0.361. The molecule has 0 aliphatic rings. The smallest absolute Gasteiger partial charge is 0.368 e. The summed E-state index contributed by atoms with van der Waals surface area (Å²) in [6.07, 6.45) is -6.51. The molecule has 0 aliphatic carbocycles. The van der Waals surface area contributed by atoms with Crippen LogP contribution in [0.4, 0.5) is 48.3 Å². The molecule has 0 spiro atoms. The van der Waals surface area contributed by atoms with Crippen molar-refractivity contribution < 1.29 is 30.7 Å². The summed E-state index contributed by atoms with van der Waals surface area (Å²) in [5.41, 5.74) is 5.36. The van der Waals surface area contributed by atoms with Crippen LogP contribution in [0.5, 0.6) is 0 Å². The minimum absolute atomic E-state index is 0.264. The molecule has 0 atom stereocenters. The second-order valence-electron chi connectivity index (χ2n) is 4.48. The Morgan fingerprint density at radius 1 is 0.833 bits per heavy atom. The zero-order valence-electron chi connectivity index (χ0n) is 11.5. The number of para-hydroxylation sites is 1. The predicted octanol–water partition coefficient (Wildman–Crippen LogP) is 3.49. The number of aromatic nitrogens is 3. The van der Waals surface area contributed by atoms with Gasteiger partial charge in [-0.3, -0.25) is 0 Å². The van der Waals surface area contributed by atoms with Gasteiger partial charge in [0, 0.05) is 5.69 Å². The molecule has 0 amide bonds. The zero-order valence-corrected chi connectivity index (χ0v) is 11.5. The zero-order chi connectivity index (χ0) is 18.2. The summed E-state index contributed by atoms with van der Waals surface area (Å²) >= 11 is 0. The predicted molar refractivity (Wildman–Crippen MR) is 68.9 cm³/mol. The van der Waals surface area contributed by atoms with Crippen LogP contribution >= 0.6 is 0 Å². The molecule has 3 N–H and O–H groups in total. The molecule has 0 saturated heterocycles. The summed E-state index contributed by atoms with van der Waals surface area (Å²) in [5.74, 6) is -15.9. The second-order valence-corrected chi connectivity index (χ2v) is 4.48. The number of nitrogen functional groups attached to an aromatic ring is 1. The third-order valence-electron chi connectivity index (χ3n) is 2.71. The largest absolute Gasteiger partial charge is 0.460 e. The summed E-state index contributed by atoms with van der Waals surface area (Å²) in [4.78, 5) is 9.02. The summed E-state index contributed by atoms with van der Waals surface area (Å²) in [6, 6.07) is 7.60. The van der Waals surface area contributed by atoms with Gasteiger partial charge in [-0.05, 0) is 12.1 Å². The first-order chi connectivity index (χ1) is 10.9. The van der Waals surface area contributed by atoms with Crippen LogP contribution in [0.3, 0.4) is 0 Å². The molecule has 130 valence electrons. The molecule has 12 heteroatoms. The fourth-order valence-electron chi connectivity index (χ4n) is 1.56. The number of nitrogens with one attached hydrogen (secondary N) is 1. The highest BCUT2D eigenvalue weighted by atomic mass is 19.4. The van der Waals surface area contributed by atoms with E-state index in [-0.39, 0.29) is 5.69 Å². The molecule has 0 bridgehead atoms. The van der Waals surface area contributed by atoms with Crippen molar-refractivity contribution >= 4 is 17.6 Å². The number of hydrogen-bond acceptors (Lipinski definition) is 5. The van der Waals surface area contributed by atoms with Crippen molar-refractivity contribution in [2.75, 3.05) is 11.1 Å². The lowest BCUT2D eigenvalue weighted by Gasteiger charge is -2.27. The minimum Gasteiger partial charge on any atom is -0.368 e. The Kier molecular flexibility index (Phi) is 4.25. The number of halogens is 7. The highest BCUT2D eigenvalue weighted by Gasteiger charge is 2.75. The van der Waals surface area contributed by atoms with Crippen LogP contribution in [-0.2, 0) is 5.92 Å². The van der Waals surface area contributed by atoms with Gasteiger partial charge in [-0.1, -0.05) is 18.2 Å². The van der Waals surface area contributed by atoms with E-state index < -0.39 is 35.7 Å². The van der Waals surface area contributed by atoms with Crippen LogP contribution in [0, 0.1) is 0 Å². The molecular weight excluding hydrogens is 347 g/mol. The summed E-state index contributed by atoms with van der Waals surface area (Å²) in [5, 5.41) is 2.35. The van der Waals surface area contributed by atoms with Gasteiger partial charge in [0.15, 0.2) is 0 Å². The average molecular weight is 355 g/mol. The number of rotatable bonds is 4. The van der Waals surface area contributed by atoms with Crippen LogP contribution in [0.25, 0.3) is 0 Å². The number of alkyl halides is 7. The van der Waals surface area contributed by atoms with Crippen LogP contribution in [0.1, 0.15) is 5.82 Å². The summed E-state index contributed by atoms with van der Waals surface area (Å²) < 4.78 is 90.0. The van der Waals surface area contributed by atoms with E-state index in [2.05, 4.69) is 20.3 Å². The Morgan fingerprint density at radius 2 is 1.42 bits per heavy atom. The first kappa shape index (κ1) is 17.7. The Morgan fingerprint density at radius 3 is 1.96 bits per heavy atom. The molecule has 24 heavy (non-hydrogen) atoms. The van der Waals surface area contributed by atoms with E-state index in [4.69, 9.17) is 5.73 Å². The molecule has 0 radical (unpaired) electrons. The number of nitrogens with zero attached hydrogens (tertiary/aromatic N) is 3. The molecule has 1 aromatic carbocycles. The molecule has 5 nitrogen and oxygen atoms in total. The van der Waals surface area contributed by atoms with Gasteiger partial charge in [0.25, 0.3) is 0 Å². The number of nitrogens with two attached hydrogens (primary N) is 1. The number of anilines is 3. The van der Waals surface area contributed by atoms with Gasteiger partial charge >= 0.3 is 18.0 Å². The molecule has 0 saturated carbocycles. The van der Waals surface area contributed by atoms with Gasteiger partial charge in [-0.25, -0.2) is 0 Å². The van der Waals surface area contributed by atoms with Gasteiger partial charge < -0.3 is 11.1 Å². The van der Waals surface area contributed by atoms with E-state index in [9.17, 15) is 30.7 Å². The second kappa shape index (κ2) is 5.76. The summed E-state index contributed by atoms with van der Waals surface area (Å²) in [7, 11) is 0. The van der Waals surface area contributed by atoms with Gasteiger partial charge in [0.05, 0.1) is 0 Å². The topological polar surface area (TPSA) is 76.7 Å². The standard InChI is InChI=1S/C12H8F7N5/c13-10(14,11(15,16)12(17,18)19)7-22-8(20)24-9(23-7)21-6-4-2-1-3-5-6/h1-5H,(H3,20,21,22,23,24). The van der Waals surface area contributed by atoms with Crippen molar-refractivity contribution in [2.45, 2.75) is 18.0 Å². The van der Waals surface area contributed by atoms with Crippen LogP contribution in [0.2, 0.25) is 0 Å². The maximum Gasteiger partial charge on any atom is 0.460 e. The fourth-order valence-corrected chi connectivity index (χ4v) is 1.56. The van der Waals surface area contributed by atoms with E-state index in [1.54, 1.807) is 18.2 Å². The maximum atomic E-state index is 13.6. The van der Waals surface area contributed by atoms with Crippen molar-refractivity contribution in [3.8, 4) is 0 Å². The third-order valence-corrected chi connectivity index (χ3v) is 2.71. The van der Waals surface area contributed by atoms with Crippen LogP contribution in [0.15, 0.2) is 30.3 Å². The van der Waals surface area contributed by atoms with E-state index >= 15 is 0 Å². The molecule has 1 heterocycles. The molecule has 2 aromatic rings. The van der Waals surface area contributed by atoms with E-state index in [1.807, 2.05) is 0 Å². The Bertz CT molecular complexity index is 717. The SMILES string of the molecule is Nc1nc(Nc2ccccc2)nc(C(F)(F)C(F)(F)C(F)(F)F)n1. The summed E-state index contributed by atoms with van der Waals surface area (Å²) in [6.45, 7) is 0. The van der Waals surface area contributed by atoms with E-state index in [0.717, 1.165) is 0 Å². The maximum absolute atomic E-state index is 13.6. The Hall–Kier alpha value is -2.66. The van der Waals surface area contributed by atoms with Gasteiger partial charge in [0.2, 0.25) is 17.7 Å². The highest BCUT2D eigenvalue weighted by Crippen LogP contribution is 2.50. The van der Waals surface area contributed by atoms with E-state index in [1.165, 1.54) is 12.1 Å². The number of hydrogen-bond donors (Lipinski definition) is 2. The van der Waals surface area contributed by atoms with Crippen molar-refractivity contribution in [2.24, 2.45) is 0 Å². The highest BCUT2D eigenvalue weighted by molar-refractivity contribution is 5.53. The molecular formula is C12H8F7N5. The quantitative estimate of drug-likeness (QED) is 0.821.